The third kappa shape index (κ3) is 5.01. The smallest absolute Gasteiger partial charge is 0.404 e. The van der Waals surface area contributed by atoms with E-state index in [1.54, 1.807) is 30.7 Å². The summed E-state index contributed by atoms with van der Waals surface area (Å²) in [5.41, 5.74) is 10.1. The maximum atomic E-state index is 13.0. The molecule has 2 aliphatic rings. The van der Waals surface area contributed by atoms with Crippen molar-refractivity contribution in [2.24, 2.45) is 5.92 Å². The van der Waals surface area contributed by atoms with Crippen molar-refractivity contribution < 1.29 is 22.7 Å². The van der Waals surface area contributed by atoms with Crippen LogP contribution in [-0.2, 0) is 11.2 Å². The summed E-state index contributed by atoms with van der Waals surface area (Å²) in [5, 5.41) is 6.15. The lowest BCUT2D eigenvalue weighted by atomic mass is 9.81. The highest BCUT2D eigenvalue weighted by Gasteiger charge is 2.37. The molecule has 208 valence electrons. The zero-order valence-electron chi connectivity index (χ0n) is 21.7. The zero-order chi connectivity index (χ0) is 28.0. The minimum absolute atomic E-state index is 0.0176. The molecule has 4 aromatic rings. The van der Waals surface area contributed by atoms with Crippen molar-refractivity contribution in [1.82, 2.24) is 19.4 Å². The van der Waals surface area contributed by atoms with Gasteiger partial charge in [0, 0.05) is 36.3 Å². The summed E-state index contributed by atoms with van der Waals surface area (Å²) < 4.78 is 45.1. The monoisotopic (exact) mass is 551 g/mol. The first-order chi connectivity index (χ1) is 19.2. The largest absolute Gasteiger partial charge is 0.573 e. The third-order valence-corrected chi connectivity index (χ3v) is 7.69. The fourth-order valence-corrected chi connectivity index (χ4v) is 5.78. The molecule has 0 spiro atoms. The molecule has 1 aromatic carbocycles. The van der Waals surface area contributed by atoms with Gasteiger partial charge < -0.3 is 21.1 Å². The van der Waals surface area contributed by atoms with Gasteiger partial charge in [0.05, 0.1) is 29.3 Å². The van der Waals surface area contributed by atoms with Gasteiger partial charge in [-0.05, 0) is 56.4 Å². The summed E-state index contributed by atoms with van der Waals surface area (Å²) in [5.74, 6) is 0.774. The third-order valence-electron chi connectivity index (χ3n) is 7.69. The van der Waals surface area contributed by atoms with Crippen LogP contribution in [0.4, 0.5) is 30.4 Å². The van der Waals surface area contributed by atoms with E-state index in [4.69, 9.17) is 10.7 Å². The minimum atomic E-state index is -4.80. The number of pyridine rings is 1. The van der Waals surface area contributed by atoms with Gasteiger partial charge in [0.2, 0.25) is 5.91 Å². The number of para-hydroxylation sites is 1. The van der Waals surface area contributed by atoms with Crippen LogP contribution in [0, 0.1) is 12.8 Å². The highest BCUT2D eigenvalue weighted by Crippen LogP contribution is 2.44. The number of anilines is 3. The molecule has 1 unspecified atom stereocenters. The van der Waals surface area contributed by atoms with Gasteiger partial charge in [0.1, 0.15) is 17.2 Å². The van der Waals surface area contributed by atoms with E-state index in [1.807, 2.05) is 23.5 Å². The summed E-state index contributed by atoms with van der Waals surface area (Å²) in [6, 6.07) is 7.89. The van der Waals surface area contributed by atoms with Crippen LogP contribution < -0.4 is 21.1 Å². The Morgan fingerprint density at radius 1 is 1.15 bits per heavy atom. The number of fused-ring (bicyclic) bond motifs is 2. The molecule has 1 saturated carbocycles. The van der Waals surface area contributed by atoms with Crippen molar-refractivity contribution >= 4 is 28.6 Å². The Balaban J connectivity index is 1.22. The van der Waals surface area contributed by atoms with Gasteiger partial charge >= 0.3 is 6.36 Å². The Labute approximate surface area is 228 Å². The molecule has 0 bridgehead atoms. The number of ether oxygens (including phenoxy) is 1. The lowest BCUT2D eigenvalue weighted by Crippen LogP contribution is -2.27. The molecular formula is C28H28F3N7O2. The number of alkyl halides is 3. The molecule has 0 radical (unpaired) electrons. The standard InChI is InChI=1S/C28H28F3N7O2/c1-15-5-10-19(14-34-15)35-27(39)17-8-6-16(7-9-17)26-37-23(24-25(32)33-11-12-38(24)26)20-13-18-3-2-4-21(22(18)36-20)40-28(29,30)31/h2-5,10-12,14,16-17,20,36H,6-9,13H2,1H3,(H2,32,33)(H,35,39)/t16-,17-,20?. The van der Waals surface area contributed by atoms with Crippen LogP contribution in [0.3, 0.4) is 0 Å². The number of benzene rings is 1. The van der Waals surface area contributed by atoms with E-state index >= 15 is 0 Å². The molecule has 1 aliphatic carbocycles. The molecule has 1 atom stereocenters. The number of rotatable bonds is 5. The lowest BCUT2D eigenvalue weighted by Gasteiger charge is -2.27. The van der Waals surface area contributed by atoms with Gasteiger partial charge in [-0.1, -0.05) is 12.1 Å². The first-order valence-corrected chi connectivity index (χ1v) is 13.2. The van der Waals surface area contributed by atoms with Gasteiger partial charge in [0.25, 0.3) is 0 Å². The number of imidazole rings is 1. The average Bonchev–Trinajstić information content (AvgIpc) is 3.53. The van der Waals surface area contributed by atoms with Crippen LogP contribution in [-0.4, -0.2) is 31.6 Å². The second-order valence-corrected chi connectivity index (χ2v) is 10.4. The van der Waals surface area contributed by atoms with Gasteiger partial charge in [0.15, 0.2) is 5.75 Å². The van der Waals surface area contributed by atoms with Crippen LogP contribution in [0.2, 0.25) is 0 Å². The number of amides is 1. The number of carbonyl (C=O) groups excluding carboxylic acids is 1. The first kappa shape index (κ1) is 25.9. The van der Waals surface area contributed by atoms with Crippen molar-refractivity contribution in [2.75, 3.05) is 16.4 Å². The molecular weight excluding hydrogens is 523 g/mol. The van der Waals surface area contributed by atoms with Crippen LogP contribution >= 0.6 is 0 Å². The first-order valence-electron chi connectivity index (χ1n) is 13.2. The number of nitrogens with one attached hydrogen (secondary N) is 2. The topological polar surface area (TPSA) is 119 Å². The van der Waals surface area contributed by atoms with Gasteiger partial charge in [-0.3, -0.25) is 14.2 Å². The molecule has 6 rings (SSSR count). The maximum absolute atomic E-state index is 13.0. The van der Waals surface area contributed by atoms with E-state index in [1.165, 1.54) is 6.07 Å². The number of aryl methyl sites for hydroxylation is 1. The van der Waals surface area contributed by atoms with E-state index in [2.05, 4.69) is 25.3 Å². The van der Waals surface area contributed by atoms with Crippen molar-refractivity contribution in [3.05, 3.63) is 71.7 Å². The van der Waals surface area contributed by atoms with Gasteiger partial charge in [-0.15, -0.1) is 13.2 Å². The van der Waals surface area contributed by atoms with Crippen LogP contribution in [0.15, 0.2) is 48.9 Å². The normalized spacial score (nSPS) is 20.6. The molecule has 1 aliphatic heterocycles. The number of hydrogen-bond acceptors (Lipinski definition) is 7. The molecule has 40 heavy (non-hydrogen) atoms. The molecule has 4 heterocycles. The molecule has 1 fully saturated rings. The van der Waals surface area contributed by atoms with E-state index in [0.29, 0.717) is 53.2 Å². The highest BCUT2D eigenvalue weighted by molar-refractivity contribution is 5.92. The second kappa shape index (κ2) is 10.00. The lowest BCUT2D eigenvalue weighted by molar-refractivity contribution is -0.274. The van der Waals surface area contributed by atoms with Crippen molar-refractivity contribution in [2.45, 2.75) is 57.3 Å². The molecule has 4 N–H and O–H groups in total. The van der Waals surface area contributed by atoms with E-state index in [-0.39, 0.29) is 23.5 Å². The van der Waals surface area contributed by atoms with E-state index < -0.39 is 12.4 Å². The number of nitrogens with two attached hydrogens (primary N) is 1. The molecule has 1 amide bonds. The average molecular weight is 552 g/mol. The second-order valence-electron chi connectivity index (χ2n) is 10.4. The van der Waals surface area contributed by atoms with E-state index in [9.17, 15) is 18.0 Å². The fourth-order valence-electron chi connectivity index (χ4n) is 5.78. The summed E-state index contributed by atoms with van der Waals surface area (Å²) in [6.07, 6.45) is 3.61. The van der Waals surface area contributed by atoms with Crippen LogP contribution in [0.5, 0.6) is 5.75 Å². The van der Waals surface area contributed by atoms with Crippen LogP contribution in [0.1, 0.15) is 60.4 Å². The molecule has 0 saturated heterocycles. The Morgan fingerprint density at radius 2 is 1.95 bits per heavy atom. The zero-order valence-corrected chi connectivity index (χ0v) is 21.7. The molecule has 9 nitrogen and oxygen atoms in total. The van der Waals surface area contributed by atoms with Crippen molar-refractivity contribution in [3.8, 4) is 5.75 Å². The number of nitrogens with zero attached hydrogens (tertiary/aromatic N) is 4. The Morgan fingerprint density at radius 3 is 2.67 bits per heavy atom. The predicted octanol–water partition coefficient (Wildman–Crippen LogP) is 5.54. The minimum Gasteiger partial charge on any atom is -0.404 e. The Bertz CT molecular complexity index is 1560. The number of halogens is 3. The summed E-state index contributed by atoms with van der Waals surface area (Å²) >= 11 is 0. The number of nitrogen functional groups attached to an aromatic ring is 1. The number of aromatic nitrogens is 4. The van der Waals surface area contributed by atoms with Crippen molar-refractivity contribution in [1.29, 1.82) is 0 Å². The SMILES string of the molecule is Cc1ccc(NC(=O)[C@H]2CC[C@H](c3nc(C4Cc5cccc(OC(F)(F)F)c5N4)c4c(N)nccn43)CC2)cn1. The number of hydrogen-bond donors (Lipinski definition) is 3. The number of carbonyl (C=O) groups is 1. The predicted molar refractivity (Wildman–Crippen MR) is 143 cm³/mol. The van der Waals surface area contributed by atoms with Crippen molar-refractivity contribution in [3.63, 3.8) is 0 Å². The molecule has 12 heteroatoms. The van der Waals surface area contributed by atoms with E-state index in [0.717, 1.165) is 24.4 Å². The fraction of sp³-hybridized carbons (Fsp3) is 0.357. The molecule has 3 aromatic heterocycles. The highest BCUT2D eigenvalue weighted by atomic mass is 19.4. The summed E-state index contributed by atoms with van der Waals surface area (Å²) in [4.78, 5) is 26.4. The Hall–Kier alpha value is -4.35. The quantitative estimate of drug-likeness (QED) is 0.298. The van der Waals surface area contributed by atoms with Gasteiger partial charge in [-0.25, -0.2) is 9.97 Å². The van der Waals surface area contributed by atoms with Crippen LogP contribution in [0.25, 0.3) is 5.52 Å². The summed E-state index contributed by atoms with van der Waals surface area (Å²) in [6.45, 7) is 1.89. The summed E-state index contributed by atoms with van der Waals surface area (Å²) in [7, 11) is 0. The Kier molecular flexibility index (Phi) is 6.47. The van der Waals surface area contributed by atoms with Gasteiger partial charge in [-0.2, -0.15) is 0 Å². The maximum Gasteiger partial charge on any atom is 0.573 e.